The van der Waals surface area contributed by atoms with Crippen LogP contribution in [0.1, 0.15) is 70.9 Å². The van der Waals surface area contributed by atoms with Crippen molar-refractivity contribution in [3.8, 4) is 0 Å². The van der Waals surface area contributed by atoms with E-state index < -0.39 is 17.6 Å². The zero-order chi connectivity index (χ0) is 29.3. The first-order chi connectivity index (χ1) is 18.6. The average Bonchev–Trinajstić information content (AvgIpc) is 2.93. The lowest BCUT2D eigenvalue weighted by atomic mass is 9.76. The summed E-state index contributed by atoms with van der Waals surface area (Å²) in [6.45, 7) is 9.78. The minimum absolute atomic E-state index is 0.163. The number of hydrogen-bond donors (Lipinski definition) is 2. The molecule has 0 heterocycles. The van der Waals surface area contributed by atoms with E-state index in [4.69, 9.17) is 23.7 Å². The summed E-state index contributed by atoms with van der Waals surface area (Å²) >= 11 is 0. The molecule has 8 nitrogen and oxygen atoms in total. The largest absolute Gasteiger partial charge is 0.469 e. The predicted octanol–water partition coefficient (Wildman–Crippen LogP) is 4.59. The lowest BCUT2D eigenvalue weighted by molar-refractivity contribution is -0.140. The van der Waals surface area contributed by atoms with Crippen molar-refractivity contribution in [1.82, 2.24) is 0 Å². The van der Waals surface area contributed by atoms with Crippen molar-refractivity contribution in [2.24, 2.45) is 5.92 Å². The van der Waals surface area contributed by atoms with Crippen LogP contribution in [0.5, 0.6) is 0 Å². The van der Waals surface area contributed by atoms with Gasteiger partial charge in [0.25, 0.3) is 0 Å². The van der Waals surface area contributed by atoms with Crippen molar-refractivity contribution in [2.45, 2.75) is 89.9 Å². The van der Waals surface area contributed by atoms with Crippen LogP contribution in [0, 0.1) is 5.92 Å². The number of carbonyl (C=O) groups is 1. The first-order valence-electron chi connectivity index (χ1n) is 14.0. The normalized spacial score (nSPS) is 15.6. The van der Waals surface area contributed by atoms with Gasteiger partial charge in [-0.2, -0.15) is 0 Å². The van der Waals surface area contributed by atoms with Gasteiger partial charge < -0.3 is 33.9 Å². The van der Waals surface area contributed by atoms with Gasteiger partial charge in [0.05, 0.1) is 45.2 Å². The number of carbonyl (C=O) groups excluding carboxylic acids is 1. The molecule has 8 heteroatoms. The summed E-state index contributed by atoms with van der Waals surface area (Å²) in [7, 11) is 4.64. The first kappa shape index (κ1) is 35.2. The topological polar surface area (TPSA) is 104 Å². The van der Waals surface area contributed by atoms with E-state index in [1.807, 2.05) is 39.0 Å². The molecule has 4 atom stereocenters. The molecule has 39 heavy (non-hydrogen) atoms. The van der Waals surface area contributed by atoms with E-state index in [2.05, 4.69) is 19.1 Å². The van der Waals surface area contributed by atoms with Gasteiger partial charge in [-0.25, -0.2) is 0 Å². The highest BCUT2D eigenvalue weighted by atomic mass is 16.7. The van der Waals surface area contributed by atoms with Gasteiger partial charge in [-0.15, -0.1) is 0 Å². The van der Waals surface area contributed by atoms with E-state index in [9.17, 15) is 15.0 Å². The molecule has 0 radical (unpaired) electrons. The standard InChI is InChI=1S/C31H52O8/c1-8-24(21-39-22-38-16-15-35-5)17-23(2)28(32)19-27(36-6)20-29(33)31(3,4)26-13-9-11-25(18-26)12-10-14-30(34)37-7/h9,11,13,17-18,24,27-29,32-33H,8,10,12,14-16,19-22H2,1-7H3/b23-17-/t24-,27-,28+,29+/m1/s1. The molecule has 1 rings (SSSR count). The Bertz CT molecular complexity index is 838. The van der Waals surface area contributed by atoms with Gasteiger partial charge in [0.1, 0.15) is 6.79 Å². The third-order valence-electron chi connectivity index (χ3n) is 7.36. The summed E-state index contributed by atoms with van der Waals surface area (Å²) in [5.41, 5.74) is 2.48. The van der Waals surface area contributed by atoms with Gasteiger partial charge in [-0.05, 0) is 42.9 Å². The molecule has 0 aliphatic heterocycles. The summed E-state index contributed by atoms with van der Waals surface area (Å²) in [5.74, 6) is -0.0438. The molecular formula is C31H52O8. The van der Waals surface area contributed by atoms with E-state index in [-0.39, 0.29) is 24.8 Å². The van der Waals surface area contributed by atoms with Crippen LogP contribution in [-0.2, 0) is 40.3 Å². The molecule has 0 saturated heterocycles. The van der Waals surface area contributed by atoms with E-state index in [1.54, 1.807) is 14.2 Å². The summed E-state index contributed by atoms with van der Waals surface area (Å²) in [5, 5.41) is 22.1. The highest BCUT2D eigenvalue weighted by Gasteiger charge is 2.32. The Hall–Kier alpha value is -1.81. The molecule has 0 aliphatic carbocycles. The minimum Gasteiger partial charge on any atom is -0.469 e. The Morgan fingerprint density at radius 1 is 1.08 bits per heavy atom. The molecule has 224 valence electrons. The van der Waals surface area contributed by atoms with Gasteiger partial charge in [-0.1, -0.05) is 51.1 Å². The quantitative estimate of drug-likeness (QED) is 0.0988. The fraction of sp³-hybridized carbons (Fsp3) is 0.710. The molecule has 0 unspecified atom stereocenters. The van der Waals surface area contributed by atoms with Gasteiger partial charge >= 0.3 is 5.97 Å². The average molecular weight is 553 g/mol. The van der Waals surface area contributed by atoms with Crippen LogP contribution in [-0.4, -0.2) is 82.4 Å². The second-order valence-corrected chi connectivity index (χ2v) is 10.7. The van der Waals surface area contributed by atoms with Gasteiger partial charge in [0.2, 0.25) is 0 Å². The third kappa shape index (κ3) is 13.4. The van der Waals surface area contributed by atoms with Crippen molar-refractivity contribution < 1.29 is 38.7 Å². The summed E-state index contributed by atoms with van der Waals surface area (Å²) in [6, 6.07) is 8.14. The number of aliphatic hydroxyl groups is 2. The van der Waals surface area contributed by atoms with Crippen LogP contribution < -0.4 is 0 Å². The third-order valence-corrected chi connectivity index (χ3v) is 7.36. The van der Waals surface area contributed by atoms with Gasteiger partial charge in [0.15, 0.2) is 0 Å². The molecule has 1 aromatic rings. The number of ether oxygens (including phenoxy) is 5. The second kappa shape index (κ2) is 19.3. The number of aryl methyl sites for hydroxylation is 1. The fourth-order valence-corrected chi connectivity index (χ4v) is 4.35. The molecule has 0 fully saturated rings. The molecular weight excluding hydrogens is 500 g/mol. The van der Waals surface area contributed by atoms with Crippen molar-refractivity contribution in [1.29, 1.82) is 0 Å². The highest BCUT2D eigenvalue weighted by Crippen LogP contribution is 2.32. The molecule has 0 bridgehead atoms. The SMILES string of the molecule is CC[C@H](/C=C(/C)[C@@H](O)C[C@H](C[C@H](O)C(C)(C)c1cccc(CCCC(=O)OC)c1)OC)COCOCCOC. The second-order valence-electron chi connectivity index (χ2n) is 10.7. The fourth-order valence-electron chi connectivity index (χ4n) is 4.35. The maximum atomic E-state index is 11.4. The summed E-state index contributed by atoms with van der Waals surface area (Å²) in [6.07, 6.45) is 3.88. The molecule has 0 spiro atoms. The van der Waals surface area contributed by atoms with Crippen LogP contribution in [0.25, 0.3) is 0 Å². The maximum absolute atomic E-state index is 11.4. The van der Waals surface area contributed by atoms with Crippen LogP contribution in [0.3, 0.4) is 0 Å². The minimum atomic E-state index is -0.685. The molecule has 0 aromatic heterocycles. The molecule has 1 aromatic carbocycles. The number of aliphatic hydroxyl groups excluding tert-OH is 2. The maximum Gasteiger partial charge on any atom is 0.305 e. The lowest BCUT2D eigenvalue weighted by Crippen LogP contribution is -2.38. The number of esters is 1. The summed E-state index contributed by atoms with van der Waals surface area (Å²) < 4.78 is 26.3. The van der Waals surface area contributed by atoms with Crippen molar-refractivity contribution in [3.05, 3.63) is 47.0 Å². The van der Waals surface area contributed by atoms with Gasteiger partial charge in [-0.3, -0.25) is 4.79 Å². The molecule has 0 amide bonds. The Balaban J connectivity index is 2.70. The van der Waals surface area contributed by atoms with Crippen LogP contribution in [0.2, 0.25) is 0 Å². The van der Waals surface area contributed by atoms with E-state index in [1.165, 1.54) is 7.11 Å². The Morgan fingerprint density at radius 2 is 1.82 bits per heavy atom. The van der Waals surface area contributed by atoms with E-state index >= 15 is 0 Å². The first-order valence-corrected chi connectivity index (χ1v) is 14.0. The summed E-state index contributed by atoms with van der Waals surface area (Å²) in [4.78, 5) is 11.4. The number of hydrogen-bond acceptors (Lipinski definition) is 8. The predicted molar refractivity (Wildman–Crippen MR) is 153 cm³/mol. The van der Waals surface area contributed by atoms with Crippen molar-refractivity contribution in [3.63, 3.8) is 0 Å². The number of benzene rings is 1. The molecule has 0 aliphatic rings. The Morgan fingerprint density at radius 3 is 2.46 bits per heavy atom. The van der Waals surface area contributed by atoms with E-state index in [0.29, 0.717) is 45.5 Å². The van der Waals surface area contributed by atoms with Crippen LogP contribution >= 0.6 is 0 Å². The lowest BCUT2D eigenvalue weighted by Gasteiger charge is -2.34. The van der Waals surface area contributed by atoms with Crippen LogP contribution in [0.15, 0.2) is 35.9 Å². The van der Waals surface area contributed by atoms with Crippen molar-refractivity contribution >= 4 is 5.97 Å². The molecule has 2 N–H and O–H groups in total. The van der Waals surface area contributed by atoms with Gasteiger partial charge in [0, 0.05) is 44.8 Å². The van der Waals surface area contributed by atoms with E-state index in [0.717, 1.165) is 29.5 Å². The highest BCUT2D eigenvalue weighted by molar-refractivity contribution is 5.69. The molecule has 0 saturated carbocycles. The van der Waals surface area contributed by atoms with Crippen molar-refractivity contribution in [2.75, 3.05) is 47.9 Å². The van der Waals surface area contributed by atoms with Crippen LogP contribution in [0.4, 0.5) is 0 Å². The zero-order valence-electron chi connectivity index (χ0n) is 25.1. The number of methoxy groups -OCH3 is 3. The Kier molecular flexibility index (Phi) is 17.4. The smallest absolute Gasteiger partial charge is 0.305 e. The monoisotopic (exact) mass is 552 g/mol. The zero-order valence-corrected chi connectivity index (χ0v) is 25.1. The number of rotatable bonds is 21. The Labute approximate surface area is 235 Å².